The average Bonchev–Trinajstić information content (AvgIpc) is 3.51. The van der Waals surface area contributed by atoms with E-state index in [2.05, 4.69) is 29.9 Å². The molecule has 2 aromatic carbocycles. The SMILES string of the molecule is Cn1cnc(C(=O)Nc2cccc(-c3nsc(Cc4ccc5[nH]ncc5c4Cl)n3)c2)c1. The Bertz CT molecular complexity index is 1400. The molecule has 3 heterocycles. The van der Waals surface area contributed by atoms with Crippen LogP contribution in [0.15, 0.2) is 55.1 Å². The van der Waals surface area contributed by atoms with Gasteiger partial charge >= 0.3 is 0 Å². The number of aromatic amines is 1. The van der Waals surface area contributed by atoms with Crippen molar-refractivity contribution in [1.29, 1.82) is 0 Å². The maximum absolute atomic E-state index is 12.4. The number of aromatic nitrogens is 6. The molecule has 2 N–H and O–H groups in total. The Morgan fingerprint density at radius 1 is 1.29 bits per heavy atom. The largest absolute Gasteiger partial charge is 0.340 e. The Hall–Kier alpha value is -3.56. The van der Waals surface area contributed by atoms with Gasteiger partial charge in [0.1, 0.15) is 10.7 Å². The number of hydrogen-bond acceptors (Lipinski definition) is 6. The van der Waals surface area contributed by atoms with E-state index >= 15 is 0 Å². The number of carbonyl (C=O) groups excluding carboxylic acids is 1. The Kier molecular flexibility index (Phi) is 4.97. The number of fused-ring (bicyclic) bond motifs is 1. The molecule has 0 spiro atoms. The number of nitrogens with one attached hydrogen (secondary N) is 2. The second-order valence-electron chi connectivity index (χ2n) is 7.02. The molecule has 31 heavy (non-hydrogen) atoms. The van der Waals surface area contributed by atoms with E-state index in [1.807, 2.05) is 43.4 Å². The van der Waals surface area contributed by atoms with Crippen LogP contribution in [0.3, 0.4) is 0 Å². The van der Waals surface area contributed by atoms with Crippen LogP contribution >= 0.6 is 23.1 Å². The van der Waals surface area contributed by atoms with Crippen molar-refractivity contribution >= 4 is 45.6 Å². The number of anilines is 1. The standard InChI is InChI=1S/C21H16ClN7OS/c1-29-10-17(23-11-29)21(30)25-14-4-2-3-13(7-14)20-26-18(31-28-20)8-12-5-6-16-15(19(12)22)9-24-27-16/h2-7,9-11H,8H2,1H3,(H,24,27)(H,25,30). The molecule has 10 heteroatoms. The molecule has 3 aromatic heterocycles. The van der Waals surface area contributed by atoms with Crippen LogP contribution < -0.4 is 5.32 Å². The molecule has 8 nitrogen and oxygen atoms in total. The van der Waals surface area contributed by atoms with Crippen LogP contribution in [0.5, 0.6) is 0 Å². The van der Waals surface area contributed by atoms with Gasteiger partial charge in [-0.2, -0.15) is 9.47 Å². The number of carbonyl (C=O) groups is 1. The molecule has 0 aliphatic carbocycles. The van der Waals surface area contributed by atoms with Crippen molar-refractivity contribution in [3.8, 4) is 11.4 Å². The molecule has 0 aliphatic heterocycles. The van der Waals surface area contributed by atoms with Gasteiger partial charge in [-0.3, -0.25) is 9.89 Å². The zero-order valence-electron chi connectivity index (χ0n) is 16.3. The second kappa shape index (κ2) is 7.93. The maximum atomic E-state index is 12.4. The number of benzene rings is 2. The van der Waals surface area contributed by atoms with E-state index < -0.39 is 0 Å². The zero-order valence-corrected chi connectivity index (χ0v) is 17.9. The first-order valence-electron chi connectivity index (χ1n) is 9.39. The van der Waals surface area contributed by atoms with E-state index in [0.717, 1.165) is 27.0 Å². The highest BCUT2D eigenvalue weighted by Gasteiger charge is 2.13. The summed E-state index contributed by atoms with van der Waals surface area (Å²) in [5.74, 6) is 0.336. The van der Waals surface area contributed by atoms with Crippen molar-refractivity contribution in [3.05, 3.63) is 76.4 Å². The molecule has 154 valence electrons. The van der Waals surface area contributed by atoms with Gasteiger partial charge in [-0.25, -0.2) is 9.97 Å². The lowest BCUT2D eigenvalue weighted by Gasteiger charge is -2.05. The van der Waals surface area contributed by atoms with E-state index in [1.54, 1.807) is 23.3 Å². The van der Waals surface area contributed by atoms with Crippen molar-refractivity contribution < 1.29 is 4.79 Å². The number of amides is 1. The van der Waals surface area contributed by atoms with Crippen LogP contribution in [0.25, 0.3) is 22.3 Å². The summed E-state index contributed by atoms with van der Waals surface area (Å²) >= 11 is 7.86. The molecule has 0 saturated heterocycles. The fraction of sp³-hybridized carbons (Fsp3) is 0.0952. The highest BCUT2D eigenvalue weighted by molar-refractivity contribution is 7.05. The van der Waals surface area contributed by atoms with Gasteiger partial charge in [-0.15, -0.1) is 0 Å². The van der Waals surface area contributed by atoms with E-state index in [1.165, 1.54) is 11.5 Å². The molecule has 0 atom stereocenters. The summed E-state index contributed by atoms with van der Waals surface area (Å²) in [6.07, 6.45) is 5.55. The highest BCUT2D eigenvalue weighted by Crippen LogP contribution is 2.29. The summed E-state index contributed by atoms with van der Waals surface area (Å²) in [4.78, 5) is 21.1. The number of hydrogen-bond donors (Lipinski definition) is 2. The molecular formula is C21H16ClN7OS. The number of H-pyrrole nitrogens is 1. The minimum atomic E-state index is -0.269. The molecule has 0 saturated carbocycles. The quantitative estimate of drug-likeness (QED) is 0.416. The molecule has 1 amide bonds. The molecule has 0 bridgehead atoms. The summed E-state index contributed by atoms with van der Waals surface area (Å²) in [6.45, 7) is 0. The number of imidazole rings is 1. The lowest BCUT2D eigenvalue weighted by molar-refractivity contribution is 0.102. The Morgan fingerprint density at radius 2 is 2.19 bits per heavy atom. The molecule has 0 aliphatic rings. The maximum Gasteiger partial charge on any atom is 0.275 e. The predicted molar refractivity (Wildman–Crippen MR) is 120 cm³/mol. The highest BCUT2D eigenvalue weighted by atomic mass is 35.5. The minimum Gasteiger partial charge on any atom is -0.340 e. The Morgan fingerprint density at radius 3 is 3.03 bits per heavy atom. The number of nitrogens with zero attached hydrogens (tertiary/aromatic N) is 5. The molecule has 0 unspecified atom stereocenters. The van der Waals surface area contributed by atoms with Crippen molar-refractivity contribution in [2.45, 2.75) is 6.42 Å². The first kappa shape index (κ1) is 19.4. The summed E-state index contributed by atoms with van der Waals surface area (Å²) < 4.78 is 6.21. The second-order valence-corrected chi connectivity index (χ2v) is 8.23. The van der Waals surface area contributed by atoms with Crippen molar-refractivity contribution in [1.82, 2.24) is 29.1 Å². The van der Waals surface area contributed by atoms with Gasteiger partial charge in [-0.05, 0) is 35.3 Å². The number of halogens is 1. The van der Waals surface area contributed by atoms with Gasteiger partial charge in [-0.1, -0.05) is 29.8 Å². The van der Waals surface area contributed by atoms with Gasteiger partial charge in [0.15, 0.2) is 5.82 Å². The summed E-state index contributed by atoms with van der Waals surface area (Å²) in [7, 11) is 1.82. The Balaban J connectivity index is 1.35. The third kappa shape index (κ3) is 3.92. The van der Waals surface area contributed by atoms with Gasteiger partial charge in [0, 0.05) is 36.3 Å². The molecule has 5 aromatic rings. The van der Waals surface area contributed by atoms with E-state index in [0.29, 0.717) is 28.6 Å². The smallest absolute Gasteiger partial charge is 0.275 e. The van der Waals surface area contributed by atoms with Gasteiger partial charge in [0.05, 0.1) is 23.1 Å². The third-order valence-electron chi connectivity index (χ3n) is 4.76. The summed E-state index contributed by atoms with van der Waals surface area (Å²) in [6, 6.07) is 11.4. The lowest BCUT2D eigenvalue weighted by Crippen LogP contribution is -2.12. The first-order chi connectivity index (χ1) is 15.1. The van der Waals surface area contributed by atoms with Crippen molar-refractivity contribution in [3.63, 3.8) is 0 Å². The van der Waals surface area contributed by atoms with E-state index in [-0.39, 0.29) is 5.91 Å². The molecule has 5 rings (SSSR count). The number of rotatable bonds is 5. The molecular weight excluding hydrogens is 434 g/mol. The molecule has 0 fully saturated rings. The molecule has 0 radical (unpaired) electrons. The zero-order chi connectivity index (χ0) is 21.4. The Labute approximate surface area is 186 Å². The minimum absolute atomic E-state index is 0.269. The summed E-state index contributed by atoms with van der Waals surface area (Å²) in [5.41, 5.74) is 3.69. The van der Waals surface area contributed by atoms with Crippen LogP contribution in [0, 0.1) is 0 Å². The summed E-state index contributed by atoms with van der Waals surface area (Å²) in [5, 5.41) is 12.2. The van der Waals surface area contributed by atoms with Gasteiger partial charge in [0.25, 0.3) is 5.91 Å². The monoisotopic (exact) mass is 449 g/mol. The fourth-order valence-electron chi connectivity index (χ4n) is 3.23. The van der Waals surface area contributed by atoms with Crippen molar-refractivity contribution in [2.75, 3.05) is 5.32 Å². The third-order valence-corrected chi connectivity index (χ3v) is 5.92. The van der Waals surface area contributed by atoms with Crippen LogP contribution in [0.4, 0.5) is 5.69 Å². The normalized spacial score (nSPS) is 11.2. The lowest BCUT2D eigenvalue weighted by atomic mass is 10.1. The van der Waals surface area contributed by atoms with E-state index in [4.69, 9.17) is 11.6 Å². The topological polar surface area (TPSA) is 101 Å². The van der Waals surface area contributed by atoms with Crippen LogP contribution in [0.2, 0.25) is 5.02 Å². The number of aryl methyl sites for hydroxylation is 1. The average molecular weight is 450 g/mol. The van der Waals surface area contributed by atoms with E-state index in [9.17, 15) is 4.79 Å². The first-order valence-corrected chi connectivity index (χ1v) is 10.5. The van der Waals surface area contributed by atoms with Gasteiger partial charge < -0.3 is 9.88 Å². The fourth-order valence-corrected chi connectivity index (χ4v) is 4.20. The van der Waals surface area contributed by atoms with Gasteiger partial charge in [0.2, 0.25) is 0 Å². The van der Waals surface area contributed by atoms with Crippen LogP contribution in [-0.4, -0.2) is 35.0 Å². The van der Waals surface area contributed by atoms with Crippen molar-refractivity contribution in [2.24, 2.45) is 7.05 Å². The predicted octanol–water partition coefficient (Wildman–Crippen LogP) is 4.31. The van der Waals surface area contributed by atoms with Crippen LogP contribution in [-0.2, 0) is 13.5 Å². The van der Waals surface area contributed by atoms with Crippen LogP contribution in [0.1, 0.15) is 21.1 Å².